The second-order valence-electron chi connectivity index (χ2n) is 1.06. The molecule has 1 aliphatic rings. The van der Waals surface area contributed by atoms with E-state index in [2.05, 4.69) is 0 Å². The molecule has 0 unspecified atom stereocenters. The predicted octanol–water partition coefficient (Wildman–Crippen LogP) is 51.1. The molecule has 1 fully saturated rings. The molecule has 0 aromatic heterocycles. The Bertz CT molecular complexity index is 4.75. The minimum absolute atomic E-state index is 0. The van der Waals surface area contributed by atoms with Crippen LogP contribution >= 0.6 is 0 Å². The van der Waals surface area contributed by atoms with E-state index in [9.17, 15) is 0 Å². The molecule has 0 aromatic carbocycles. The van der Waals surface area contributed by atoms with Crippen molar-refractivity contribution in [3.05, 3.63) is 0 Å². The van der Waals surface area contributed by atoms with Crippen LogP contribution in [0.15, 0.2) is 0 Å². The van der Waals surface area contributed by atoms with Crippen LogP contribution in [0.25, 0.3) is 0 Å². The summed E-state index contributed by atoms with van der Waals surface area (Å²) in [6.45, 7) is 192. The van der Waals surface area contributed by atoms with Crippen molar-refractivity contribution < 1.29 is 0 Å². The lowest BCUT2D eigenvalue weighted by Crippen LogP contribution is -0.856. The molecule has 100 heavy (non-hydrogen) atoms. The minimum Gasteiger partial charge on any atom is -0.0776 e. The van der Waals surface area contributed by atoms with Gasteiger partial charge in [0.1, 0.15) is 0 Å². The largest absolute Gasteiger partial charge is 0.0776 e. The van der Waals surface area contributed by atoms with E-state index in [0.29, 0.717) is 0 Å². The molecule has 0 spiro atoms. The molecule has 0 heterocycles. The summed E-state index contributed by atoms with van der Waals surface area (Å²) in [7, 11) is 0. The average molecular weight is 1500 g/mol. The molecule has 0 amide bonds. The Morgan fingerprint density at radius 2 is 0.0600 bits per heavy atom. The van der Waals surface area contributed by atoms with Crippen LogP contribution in [0.3, 0.4) is 0 Å². The maximum atomic E-state index is 2.00. The molecule has 0 aliphatic heterocycles. The molecule has 0 bridgehead atoms. The molecule has 0 N–H and O–H groups in total. The van der Waals surface area contributed by atoms with E-state index in [1.165, 1.54) is 19.3 Å². The van der Waals surface area contributed by atoms with Gasteiger partial charge in [-0.15, -0.1) is 0 Å². The normalized spacial score (nSPS) is 3.60. The van der Waals surface area contributed by atoms with Crippen LogP contribution in [0.5, 0.6) is 0 Å². The quantitative estimate of drug-likeness (QED) is 0.227. The highest BCUT2D eigenvalue weighted by Crippen LogP contribution is 2.14. The van der Waals surface area contributed by atoms with Gasteiger partial charge in [-0.25, -0.2) is 0 Å². The molecule has 0 aromatic rings. The van der Waals surface area contributed by atoms with Crippen molar-refractivity contribution >= 4 is 0 Å². The lowest BCUT2D eigenvalue weighted by molar-refractivity contribution is 1.50. The smallest absolute Gasteiger partial charge is 0.0533 e. The summed E-state index contributed by atoms with van der Waals surface area (Å²) in [5.74, 6) is 0. The maximum absolute atomic E-state index is 2.00. The molecular weight excluding hydrogens is 1200 g/mol. The van der Waals surface area contributed by atoms with Crippen molar-refractivity contribution in [2.24, 2.45) is 0 Å². The fourth-order valence-corrected chi connectivity index (χ4v) is 0. The summed E-state index contributed by atoms with van der Waals surface area (Å²) in [5.41, 5.74) is 0. The van der Waals surface area contributed by atoms with E-state index in [4.69, 9.17) is 0 Å². The summed E-state index contributed by atoms with van der Waals surface area (Å²) in [4.78, 5) is 0. The Morgan fingerprint density at radius 1 is 0.0500 bits per heavy atom. The van der Waals surface area contributed by atoms with Crippen molar-refractivity contribution in [2.75, 3.05) is 0 Å². The van der Waals surface area contributed by atoms with Gasteiger partial charge in [0, 0.05) is 0 Å². The van der Waals surface area contributed by atoms with Crippen molar-refractivity contribution in [3.8, 4) is 0 Å². The summed E-state index contributed by atoms with van der Waals surface area (Å²) in [6.07, 6.45) is 4.50. The van der Waals surface area contributed by atoms with Crippen molar-refractivity contribution in [1.29, 1.82) is 0 Å². The highest BCUT2D eigenvalue weighted by molar-refractivity contribution is 4.50. The van der Waals surface area contributed by atoms with Gasteiger partial charge in [-0.3, -0.25) is 0 Å². The Balaban J connectivity index is -0.00000000565. The molecule has 1 saturated carbocycles. The van der Waals surface area contributed by atoms with Crippen LogP contribution in [0, 0.1) is 0 Å². The van der Waals surface area contributed by atoms with E-state index in [-0.39, 0.29) is 7.43 Å². The van der Waals surface area contributed by atoms with Gasteiger partial charge in [0.25, 0.3) is 0 Å². The average Bonchev–Trinajstić information content (AvgIpc) is 4.77. The molecule has 0 heteroatoms. The zero-order valence-electron chi connectivity index (χ0n) is 98.1. The Kier molecular flexibility index (Phi) is 398000. The first kappa shape index (κ1) is 377. The zero-order valence-corrected chi connectivity index (χ0v) is 98.1. The third kappa shape index (κ3) is 922000. The van der Waals surface area contributed by atoms with E-state index >= 15 is 0 Å². The maximum Gasteiger partial charge on any atom is -0.0533 e. The fraction of sp³-hybridized carbons (Fsp3) is 1.00. The van der Waals surface area contributed by atoms with Crippen molar-refractivity contribution in [1.82, 2.24) is 0 Å². The molecular formula is C100H298. The van der Waals surface area contributed by atoms with Gasteiger partial charge in [0.2, 0.25) is 0 Å². The number of hydrogen-bond acceptors (Lipinski definition) is 0. The zero-order chi connectivity index (χ0) is 98.1. The summed E-state index contributed by atoms with van der Waals surface area (Å²) in [5, 5.41) is 0. The topological polar surface area (TPSA) is 0 Å². The first-order valence-corrected chi connectivity index (χ1v) is 49.5. The van der Waals surface area contributed by atoms with Gasteiger partial charge in [-0.2, -0.15) is 0 Å². The molecule has 1 rings (SSSR count). The molecule has 698 valence electrons. The van der Waals surface area contributed by atoms with Gasteiger partial charge < -0.3 is 0 Å². The second-order valence-corrected chi connectivity index (χ2v) is 1.06. The lowest BCUT2D eigenvalue weighted by Gasteiger charge is -1.07. The van der Waals surface area contributed by atoms with Gasteiger partial charge >= 0.3 is 0 Å². The molecule has 1 aliphatic carbocycles. The van der Waals surface area contributed by atoms with E-state index in [1.54, 1.807) is 0 Å². The van der Waals surface area contributed by atoms with Crippen LogP contribution in [0.2, 0.25) is 0 Å². The molecule has 0 nitrogen and oxygen atoms in total. The van der Waals surface area contributed by atoms with Crippen LogP contribution in [0.1, 0.15) is 691 Å². The predicted molar refractivity (Wildman–Crippen MR) is 565 cm³/mol. The second kappa shape index (κ2) is 106000. The van der Waals surface area contributed by atoms with Crippen molar-refractivity contribution in [3.63, 3.8) is 0 Å². The highest BCUT2D eigenvalue weighted by Gasteiger charge is 1.95. The number of hydrogen-bond donors (Lipinski definition) is 0. The van der Waals surface area contributed by atoms with Crippen molar-refractivity contribution in [2.45, 2.75) is 691 Å². The van der Waals surface area contributed by atoms with Gasteiger partial charge in [-0.05, 0) is 0 Å². The van der Waals surface area contributed by atoms with Gasteiger partial charge in [0.05, 0.1) is 0 Å². The Labute approximate surface area is 687 Å². The minimum atomic E-state index is 0. The summed E-state index contributed by atoms with van der Waals surface area (Å²) < 4.78 is 0. The SMILES string of the molecule is C.C1CC1.CC.CC.CC.CC.CC.CC.CC.CC.CC.CC.CC.CC.CC.CC.CC.CC.CC.CC.CC.CC.CC.CC.CC.CC.CC.CC.CC.CC.CC.CC.CC.CC.CC.CC.CC.CC.CC.CC.CC.CC.CC.CC.CC.CC.CC.CC.CC.CC. The van der Waals surface area contributed by atoms with Crippen LogP contribution in [0.4, 0.5) is 0 Å². The first-order valence-electron chi connectivity index (χ1n) is 49.5. The summed E-state index contributed by atoms with van der Waals surface area (Å²) in [6, 6.07) is 0. The molecule has 0 saturated heterocycles. The Morgan fingerprint density at radius 3 is 0.0600 bits per heavy atom. The summed E-state index contributed by atoms with van der Waals surface area (Å²) >= 11 is 0. The fourth-order valence-electron chi connectivity index (χ4n) is 0. The van der Waals surface area contributed by atoms with E-state index in [0.717, 1.165) is 0 Å². The Hall–Kier alpha value is 0. The first-order chi connectivity index (χ1) is 49.5. The standard InChI is InChI=1S/C3H6.48C2H6.CH4/c1-2-3-1;48*1-2;/h1-3H2;48*1-2H3;1H4. The van der Waals surface area contributed by atoms with E-state index in [1.807, 2.05) is 665 Å². The van der Waals surface area contributed by atoms with Crippen LogP contribution in [-0.4, -0.2) is 0 Å². The van der Waals surface area contributed by atoms with E-state index < -0.39 is 0 Å². The number of rotatable bonds is 0. The third-order valence-corrected chi connectivity index (χ3v) is 0.354. The lowest BCUT2D eigenvalue weighted by atomic mass is 11.0. The van der Waals surface area contributed by atoms with Gasteiger partial charge in [0.15, 0.2) is 0 Å². The molecule has 0 atom stereocenters. The highest BCUT2D eigenvalue weighted by atomic mass is 14.0. The van der Waals surface area contributed by atoms with Gasteiger partial charge in [-0.1, -0.05) is 691 Å². The van der Waals surface area contributed by atoms with Crippen LogP contribution < -0.4 is 0 Å². The third-order valence-electron chi connectivity index (χ3n) is 0.354. The monoisotopic (exact) mass is 1500 g/mol. The molecule has 0 radical (unpaired) electrons. The van der Waals surface area contributed by atoms with Crippen LogP contribution in [-0.2, 0) is 0 Å².